The van der Waals surface area contributed by atoms with E-state index in [0.29, 0.717) is 13.2 Å². The first kappa shape index (κ1) is 22.9. The molecule has 166 valence electrons. The Morgan fingerprint density at radius 1 is 1.26 bits per heavy atom. The maximum atomic E-state index is 12.9. The van der Waals surface area contributed by atoms with Crippen LogP contribution < -0.4 is 5.32 Å². The van der Waals surface area contributed by atoms with Crippen LogP contribution in [0.4, 0.5) is 5.69 Å². The predicted molar refractivity (Wildman–Crippen MR) is 121 cm³/mol. The largest absolute Gasteiger partial charge is 0.372 e. The molecule has 2 amide bonds. The lowest BCUT2D eigenvalue weighted by Gasteiger charge is -2.27. The van der Waals surface area contributed by atoms with Gasteiger partial charge in [-0.1, -0.05) is 25.1 Å². The van der Waals surface area contributed by atoms with Crippen molar-refractivity contribution in [3.8, 4) is 0 Å². The summed E-state index contributed by atoms with van der Waals surface area (Å²) < 4.78 is 6.00. The molecule has 1 N–H and O–H groups in total. The highest BCUT2D eigenvalue weighted by Gasteiger charge is 2.31. The van der Waals surface area contributed by atoms with E-state index in [-0.39, 0.29) is 30.5 Å². The Balaban J connectivity index is 1.46. The zero-order chi connectivity index (χ0) is 22.2. The van der Waals surface area contributed by atoms with Crippen molar-refractivity contribution in [1.29, 1.82) is 0 Å². The molecule has 7 heteroatoms. The van der Waals surface area contributed by atoms with Crippen molar-refractivity contribution in [1.82, 2.24) is 14.8 Å². The number of carbonyl (C=O) groups excluding carboxylic acids is 2. The van der Waals surface area contributed by atoms with Gasteiger partial charge in [-0.05, 0) is 49.1 Å². The zero-order valence-corrected chi connectivity index (χ0v) is 18.6. The normalized spacial score (nSPS) is 17.3. The number of likely N-dealkylation sites (tertiary alicyclic amines) is 1. The maximum absolute atomic E-state index is 12.9. The highest BCUT2D eigenvalue weighted by Crippen LogP contribution is 2.19. The van der Waals surface area contributed by atoms with Gasteiger partial charge in [-0.15, -0.1) is 0 Å². The molecule has 0 radical (unpaired) electrons. The number of rotatable bonds is 9. The number of anilines is 1. The number of hydrogen-bond donors (Lipinski definition) is 1. The van der Waals surface area contributed by atoms with Crippen LogP contribution in [0.2, 0.25) is 0 Å². The quantitative estimate of drug-likeness (QED) is 0.670. The first-order chi connectivity index (χ1) is 15.0. The molecule has 0 bridgehead atoms. The second kappa shape index (κ2) is 11.0. The van der Waals surface area contributed by atoms with E-state index >= 15 is 0 Å². The minimum absolute atomic E-state index is 0.0248. The molecular formula is C24H32N4O3. The topological polar surface area (TPSA) is 74.8 Å². The monoisotopic (exact) mass is 424 g/mol. The van der Waals surface area contributed by atoms with E-state index in [2.05, 4.69) is 15.2 Å². The number of pyridine rings is 1. The van der Waals surface area contributed by atoms with Crippen LogP contribution in [0.5, 0.6) is 0 Å². The Bertz CT molecular complexity index is 874. The van der Waals surface area contributed by atoms with Crippen LogP contribution in [0.3, 0.4) is 0 Å². The van der Waals surface area contributed by atoms with Crippen LogP contribution in [0.1, 0.15) is 31.4 Å². The molecule has 1 aromatic carbocycles. The molecule has 1 aliphatic heterocycles. The first-order valence-corrected chi connectivity index (χ1v) is 10.8. The predicted octanol–water partition coefficient (Wildman–Crippen LogP) is 2.72. The number of nitrogens with one attached hydrogen (secondary N) is 1. The molecule has 0 aliphatic carbocycles. The van der Waals surface area contributed by atoms with Gasteiger partial charge in [0.05, 0.1) is 25.3 Å². The molecule has 2 atom stereocenters. The smallest absolute Gasteiger partial charge is 0.243 e. The standard InChI is InChI=1S/C24H32N4O3/c1-4-20-7-5-6-8-22(20)26-23(29)16-27(3)24(30)18(2)28-14-11-21(15-28)31-17-19-9-12-25-13-10-19/h5-10,12-13,18,21H,4,11,14-17H2,1-3H3,(H,26,29)/t18-,21+/m1/s1. The number of hydrogen-bond acceptors (Lipinski definition) is 5. The van der Waals surface area contributed by atoms with Crippen LogP contribution in [-0.4, -0.2) is 65.4 Å². The van der Waals surface area contributed by atoms with Crippen molar-refractivity contribution in [3.63, 3.8) is 0 Å². The van der Waals surface area contributed by atoms with Crippen LogP contribution >= 0.6 is 0 Å². The minimum atomic E-state index is -0.296. The Hall–Kier alpha value is -2.77. The summed E-state index contributed by atoms with van der Waals surface area (Å²) in [5.74, 6) is -0.252. The van der Waals surface area contributed by atoms with E-state index in [4.69, 9.17) is 4.74 Å². The molecule has 2 aromatic rings. The highest BCUT2D eigenvalue weighted by atomic mass is 16.5. The second-order valence-electron chi connectivity index (χ2n) is 8.00. The van der Waals surface area contributed by atoms with Gasteiger partial charge in [-0.2, -0.15) is 0 Å². The van der Waals surface area contributed by atoms with Crippen molar-refractivity contribution in [2.75, 3.05) is 32.0 Å². The average Bonchev–Trinajstić information content (AvgIpc) is 3.26. The Morgan fingerprint density at radius 3 is 2.74 bits per heavy atom. The number of ether oxygens (including phenoxy) is 1. The van der Waals surface area contributed by atoms with Crippen molar-refractivity contribution in [2.24, 2.45) is 0 Å². The summed E-state index contributed by atoms with van der Waals surface area (Å²) >= 11 is 0. The summed E-state index contributed by atoms with van der Waals surface area (Å²) in [6, 6.07) is 11.3. The van der Waals surface area contributed by atoms with Gasteiger partial charge in [-0.3, -0.25) is 19.5 Å². The first-order valence-electron chi connectivity index (χ1n) is 10.8. The van der Waals surface area contributed by atoms with Gasteiger partial charge in [0.1, 0.15) is 0 Å². The van der Waals surface area contributed by atoms with E-state index in [9.17, 15) is 9.59 Å². The summed E-state index contributed by atoms with van der Waals surface area (Å²) in [4.78, 5) is 33.0. The van der Waals surface area contributed by atoms with Gasteiger partial charge < -0.3 is 15.0 Å². The van der Waals surface area contributed by atoms with Gasteiger partial charge in [-0.25, -0.2) is 0 Å². The van der Waals surface area contributed by atoms with E-state index in [1.807, 2.05) is 50.2 Å². The molecule has 0 saturated carbocycles. The van der Waals surface area contributed by atoms with Crippen LogP contribution in [-0.2, 0) is 27.4 Å². The number of likely N-dealkylation sites (N-methyl/N-ethyl adjacent to an activating group) is 1. The summed E-state index contributed by atoms with van der Waals surface area (Å²) in [7, 11) is 1.68. The van der Waals surface area contributed by atoms with Crippen LogP contribution in [0.25, 0.3) is 0 Å². The Morgan fingerprint density at radius 2 is 2.00 bits per heavy atom. The van der Waals surface area contributed by atoms with Gasteiger partial charge in [0.15, 0.2) is 0 Å². The van der Waals surface area contributed by atoms with E-state index in [0.717, 1.165) is 36.2 Å². The van der Waals surface area contributed by atoms with Crippen LogP contribution in [0, 0.1) is 0 Å². The maximum Gasteiger partial charge on any atom is 0.243 e. The second-order valence-corrected chi connectivity index (χ2v) is 8.00. The SMILES string of the molecule is CCc1ccccc1NC(=O)CN(C)C(=O)[C@@H](C)N1CC[C@H](OCc2ccncc2)C1. The lowest BCUT2D eigenvalue weighted by molar-refractivity contribution is -0.137. The third-order valence-electron chi connectivity index (χ3n) is 5.75. The average molecular weight is 425 g/mol. The van der Waals surface area contributed by atoms with Gasteiger partial charge >= 0.3 is 0 Å². The number of benzene rings is 1. The molecular weight excluding hydrogens is 392 g/mol. The number of aryl methyl sites for hydroxylation is 1. The van der Waals surface area contributed by atoms with Gasteiger partial charge in [0, 0.05) is 38.2 Å². The number of amides is 2. The van der Waals surface area contributed by atoms with Crippen molar-refractivity contribution in [2.45, 2.75) is 45.4 Å². The molecule has 2 heterocycles. The fourth-order valence-corrected chi connectivity index (χ4v) is 3.84. The molecule has 1 saturated heterocycles. The third-order valence-corrected chi connectivity index (χ3v) is 5.75. The van der Waals surface area contributed by atoms with Crippen molar-refractivity contribution in [3.05, 3.63) is 59.9 Å². The summed E-state index contributed by atoms with van der Waals surface area (Å²) in [6.07, 6.45) is 5.34. The zero-order valence-electron chi connectivity index (χ0n) is 18.6. The van der Waals surface area contributed by atoms with Crippen LogP contribution in [0.15, 0.2) is 48.8 Å². The molecule has 7 nitrogen and oxygen atoms in total. The number of carbonyl (C=O) groups is 2. The number of para-hydroxylation sites is 1. The molecule has 31 heavy (non-hydrogen) atoms. The lowest BCUT2D eigenvalue weighted by Crippen LogP contribution is -2.47. The number of aromatic nitrogens is 1. The molecule has 3 rings (SSSR count). The summed E-state index contributed by atoms with van der Waals surface area (Å²) in [6.45, 7) is 6.03. The summed E-state index contributed by atoms with van der Waals surface area (Å²) in [5, 5.41) is 2.92. The third kappa shape index (κ3) is 6.35. The molecule has 0 spiro atoms. The Labute approximate surface area is 184 Å². The number of nitrogens with zero attached hydrogens (tertiary/aromatic N) is 3. The Kier molecular flexibility index (Phi) is 8.14. The van der Waals surface area contributed by atoms with E-state index < -0.39 is 0 Å². The van der Waals surface area contributed by atoms with Gasteiger partial charge in [0.25, 0.3) is 0 Å². The van der Waals surface area contributed by atoms with Crippen molar-refractivity contribution >= 4 is 17.5 Å². The molecule has 0 unspecified atom stereocenters. The molecule has 1 aromatic heterocycles. The van der Waals surface area contributed by atoms with Crippen molar-refractivity contribution < 1.29 is 14.3 Å². The van der Waals surface area contributed by atoms with E-state index in [1.54, 1.807) is 19.4 Å². The molecule has 1 fully saturated rings. The van der Waals surface area contributed by atoms with E-state index in [1.165, 1.54) is 4.90 Å². The molecule has 1 aliphatic rings. The summed E-state index contributed by atoms with van der Waals surface area (Å²) in [5.41, 5.74) is 2.97. The fraction of sp³-hybridized carbons (Fsp3) is 0.458. The highest BCUT2D eigenvalue weighted by molar-refractivity contribution is 5.95. The lowest BCUT2D eigenvalue weighted by atomic mass is 10.1. The van der Waals surface area contributed by atoms with Gasteiger partial charge in [0.2, 0.25) is 11.8 Å². The minimum Gasteiger partial charge on any atom is -0.372 e. The fourth-order valence-electron chi connectivity index (χ4n) is 3.84.